The standard InChI is InChI=1S/C20H27N3/c1-5-22(6-2)12-7-13-23-19-14-15(3)8-9-17(19)18-10-11-21-16(4)20(18)23/h8-11,14H,5-7,12-13H2,1-4H3. The molecule has 0 unspecified atom stereocenters. The molecule has 0 saturated heterocycles. The van der Waals surface area contributed by atoms with E-state index < -0.39 is 0 Å². The summed E-state index contributed by atoms with van der Waals surface area (Å²) in [6, 6.07) is 8.93. The van der Waals surface area contributed by atoms with Gasteiger partial charge in [-0.3, -0.25) is 4.98 Å². The SMILES string of the molecule is CCN(CC)CCCn1c2cc(C)ccc2c2ccnc(C)c21. The minimum atomic E-state index is 1.05. The predicted molar refractivity (Wildman–Crippen MR) is 99.1 cm³/mol. The van der Waals surface area contributed by atoms with Crippen LogP contribution >= 0.6 is 0 Å². The van der Waals surface area contributed by atoms with Crippen molar-refractivity contribution in [3.8, 4) is 0 Å². The quantitative estimate of drug-likeness (QED) is 0.666. The van der Waals surface area contributed by atoms with E-state index in [-0.39, 0.29) is 0 Å². The lowest BCUT2D eigenvalue weighted by molar-refractivity contribution is 0.294. The van der Waals surface area contributed by atoms with Gasteiger partial charge < -0.3 is 9.47 Å². The van der Waals surface area contributed by atoms with Gasteiger partial charge in [-0.05, 0) is 57.6 Å². The third-order valence-corrected chi connectivity index (χ3v) is 4.86. The zero-order chi connectivity index (χ0) is 16.4. The molecule has 23 heavy (non-hydrogen) atoms. The normalized spacial score (nSPS) is 11.9. The molecule has 0 aliphatic rings. The van der Waals surface area contributed by atoms with Crippen LogP contribution in [0.15, 0.2) is 30.5 Å². The number of aromatic nitrogens is 2. The van der Waals surface area contributed by atoms with Gasteiger partial charge in [0.2, 0.25) is 0 Å². The minimum Gasteiger partial charge on any atom is -0.339 e. The number of nitrogens with zero attached hydrogens (tertiary/aromatic N) is 3. The van der Waals surface area contributed by atoms with E-state index in [2.05, 4.69) is 66.4 Å². The second-order valence-electron chi connectivity index (χ2n) is 6.35. The van der Waals surface area contributed by atoms with Gasteiger partial charge in [-0.15, -0.1) is 0 Å². The molecule has 0 N–H and O–H groups in total. The zero-order valence-electron chi connectivity index (χ0n) is 14.8. The first-order chi connectivity index (χ1) is 11.2. The van der Waals surface area contributed by atoms with E-state index in [9.17, 15) is 0 Å². The maximum absolute atomic E-state index is 4.53. The van der Waals surface area contributed by atoms with Crippen LogP contribution in [0.1, 0.15) is 31.5 Å². The molecule has 3 heteroatoms. The summed E-state index contributed by atoms with van der Waals surface area (Å²) in [4.78, 5) is 7.02. The largest absolute Gasteiger partial charge is 0.339 e. The van der Waals surface area contributed by atoms with E-state index in [1.54, 1.807) is 0 Å². The van der Waals surface area contributed by atoms with Crippen molar-refractivity contribution in [1.29, 1.82) is 0 Å². The summed E-state index contributed by atoms with van der Waals surface area (Å²) in [6.07, 6.45) is 3.10. The zero-order valence-corrected chi connectivity index (χ0v) is 14.8. The summed E-state index contributed by atoms with van der Waals surface area (Å²) in [5.74, 6) is 0. The lowest BCUT2D eigenvalue weighted by Gasteiger charge is -2.18. The van der Waals surface area contributed by atoms with Crippen molar-refractivity contribution in [2.75, 3.05) is 19.6 Å². The number of hydrogen-bond acceptors (Lipinski definition) is 2. The molecule has 0 aliphatic heterocycles. The molecule has 0 atom stereocenters. The summed E-state index contributed by atoms with van der Waals surface area (Å²) < 4.78 is 2.48. The first kappa shape index (κ1) is 16.0. The van der Waals surface area contributed by atoms with Gasteiger partial charge in [0.25, 0.3) is 0 Å². The highest BCUT2D eigenvalue weighted by atomic mass is 15.1. The first-order valence-electron chi connectivity index (χ1n) is 8.72. The number of rotatable bonds is 6. The van der Waals surface area contributed by atoms with Crippen molar-refractivity contribution < 1.29 is 0 Å². The fourth-order valence-corrected chi connectivity index (χ4v) is 3.55. The molecule has 3 rings (SSSR count). The Bertz CT molecular complexity index is 812. The van der Waals surface area contributed by atoms with Crippen LogP contribution in [0.4, 0.5) is 0 Å². The number of aryl methyl sites for hydroxylation is 3. The van der Waals surface area contributed by atoms with E-state index in [4.69, 9.17) is 0 Å². The molecule has 0 radical (unpaired) electrons. The number of fused-ring (bicyclic) bond motifs is 3. The van der Waals surface area contributed by atoms with E-state index in [1.165, 1.54) is 33.8 Å². The maximum Gasteiger partial charge on any atom is 0.0707 e. The van der Waals surface area contributed by atoms with Gasteiger partial charge in [-0.1, -0.05) is 26.0 Å². The Morgan fingerprint density at radius 2 is 1.83 bits per heavy atom. The second kappa shape index (κ2) is 6.71. The van der Waals surface area contributed by atoms with Crippen molar-refractivity contribution in [2.24, 2.45) is 0 Å². The summed E-state index contributed by atoms with van der Waals surface area (Å²) in [5.41, 5.74) is 5.08. The van der Waals surface area contributed by atoms with Crippen LogP contribution in [0.2, 0.25) is 0 Å². The molecule has 0 saturated carbocycles. The fourth-order valence-electron chi connectivity index (χ4n) is 3.55. The molecular weight excluding hydrogens is 282 g/mol. The van der Waals surface area contributed by atoms with Crippen LogP contribution in [0.5, 0.6) is 0 Å². The maximum atomic E-state index is 4.53. The lowest BCUT2D eigenvalue weighted by atomic mass is 10.1. The van der Waals surface area contributed by atoms with Gasteiger partial charge in [0.15, 0.2) is 0 Å². The topological polar surface area (TPSA) is 21.1 Å². The van der Waals surface area contributed by atoms with E-state index >= 15 is 0 Å². The molecule has 0 spiro atoms. The highest BCUT2D eigenvalue weighted by Crippen LogP contribution is 2.31. The smallest absolute Gasteiger partial charge is 0.0707 e. The Labute approximate surface area is 138 Å². The molecule has 3 nitrogen and oxygen atoms in total. The second-order valence-corrected chi connectivity index (χ2v) is 6.35. The van der Waals surface area contributed by atoms with Crippen molar-refractivity contribution in [2.45, 2.75) is 40.7 Å². The predicted octanol–water partition coefficient (Wildman–Crippen LogP) is 4.54. The summed E-state index contributed by atoms with van der Waals surface area (Å²) in [5, 5.41) is 2.68. The van der Waals surface area contributed by atoms with Gasteiger partial charge >= 0.3 is 0 Å². The Kier molecular flexibility index (Phi) is 4.67. The van der Waals surface area contributed by atoms with Crippen molar-refractivity contribution in [1.82, 2.24) is 14.5 Å². The molecule has 3 aromatic rings. The van der Waals surface area contributed by atoms with Crippen LogP contribution in [0.25, 0.3) is 21.8 Å². The van der Waals surface area contributed by atoms with Gasteiger partial charge in [-0.2, -0.15) is 0 Å². The van der Waals surface area contributed by atoms with Gasteiger partial charge in [0, 0.05) is 29.0 Å². The molecule has 0 fully saturated rings. The van der Waals surface area contributed by atoms with Crippen LogP contribution in [0.3, 0.4) is 0 Å². The van der Waals surface area contributed by atoms with Gasteiger partial charge in [0.05, 0.1) is 11.2 Å². The van der Waals surface area contributed by atoms with Crippen LogP contribution in [0, 0.1) is 13.8 Å². The minimum absolute atomic E-state index is 1.05. The average molecular weight is 309 g/mol. The van der Waals surface area contributed by atoms with Crippen molar-refractivity contribution >= 4 is 21.8 Å². The summed E-state index contributed by atoms with van der Waals surface area (Å²) in [7, 11) is 0. The molecule has 122 valence electrons. The monoisotopic (exact) mass is 309 g/mol. The molecule has 0 aliphatic carbocycles. The molecule has 2 aromatic heterocycles. The van der Waals surface area contributed by atoms with Crippen LogP contribution in [-0.2, 0) is 6.54 Å². The fraction of sp³-hybridized carbons (Fsp3) is 0.450. The third kappa shape index (κ3) is 2.98. The Hall–Kier alpha value is -1.87. The number of hydrogen-bond donors (Lipinski definition) is 0. The van der Waals surface area contributed by atoms with Crippen molar-refractivity contribution in [3.05, 3.63) is 41.7 Å². The molecule has 0 amide bonds. The van der Waals surface area contributed by atoms with E-state index in [0.717, 1.165) is 31.9 Å². The summed E-state index contributed by atoms with van der Waals surface area (Å²) >= 11 is 0. The average Bonchev–Trinajstić information content (AvgIpc) is 2.86. The molecule has 0 bridgehead atoms. The molecular formula is C20H27N3. The Balaban J connectivity index is 2.04. The Morgan fingerprint density at radius 1 is 1.04 bits per heavy atom. The van der Waals surface area contributed by atoms with E-state index in [1.807, 2.05) is 6.20 Å². The van der Waals surface area contributed by atoms with Crippen LogP contribution < -0.4 is 0 Å². The van der Waals surface area contributed by atoms with Gasteiger partial charge in [0.1, 0.15) is 0 Å². The van der Waals surface area contributed by atoms with Crippen molar-refractivity contribution in [3.63, 3.8) is 0 Å². The highest BCUT2D eigenvalue weighted by molar-refractivity contribution is 6.08. The highest BCUT2D eigenvalue weighted by Gasteiger charge is 2.13. The number of pyridine rings is 1. The molecule has 2 heterocycles. The number of benzene rings is 1. The summed E-state index contributed by atoms with van der Waals surface area (Å²) in [6.45, 7) is 13.2. The molecule has 1 aromatic carbocycles. The van der Waals surface area contributed by atoms with Crippen LogP contribution in [-0.4, -0.2) is 34.1 Å². The lowest BCUT2D eigenvalue weighted by Crippen LogP contribution is -2.24. The third-order valence-electron chi connectivity index (χ3n) is 4.86. The Morgan fingerprint density at radius 3 is 2.57 bits per heavy atom. The first-order valence-corrected chi connectivity index (χ1v) is 8.72. The van der Waals surface area contributed by atoms with Gasteiger partial charge in [-0.25, -0.2) is 0 Å². The van der Waals surface area contributed by atoms with E-state index in [0.29, 0.717) is 0 Å².